The Hall–Kier alpha value is -2.83. The Morgan fingerprint density at radius 1 is 0.479 bits per heavy atom. The van der Waals surface area contributed by atoms with Crippen molar-refractivity contribution in [1.82, 2.24) is 0 Å². The predicted octanol–water partition coefficient (Wildman–Crippen LogP) is 8.85. The van der Waals surface area contributed by atoms with Crippen molar-refractivity contribution in [2.24, 2.45) is 0 Å². The summed E-state index contributed by atoms with van der Waals surface area (Å²) >= 11 is 0. The maximum Gasteiger partial charge on any atom is 0.306 e. The first-order valence-electron chi connectivity index (χ1n) is 27.2. The average Bonchev–Trinajstić information content (AvgIpc) is 3.37. The highest BCUT2D eigenvalue weighted by Gasteiger charge is 2.47. The molecule has 2 rings (SSSR count). The van der Waals surface area contributed by atoms with E-state index < -0.39 is 86.7 Å². The molecule has 0 aromatic carbocycles. The number of aliphatic hydroxyl groups is 7. The van der Waals surface area contributed by atoms with E-state index in [4.69, 9.17) is 28.4 Å². The maximum atomic E-state index is 13.0. The normalized spacial score (nSPS) is 26.0. The van der Waals surface area contributed by atoms with Crippen molar-refractivity contribution in [1.29, 1.82) is 0 Å². The van der Waals surface area contributed by atoms with Gasteiger partial charge in [0.2, 0.25) is 0 Å². The van der Waals surface area contributed by atoms with Crippen LogP contribution in [0, 0.1) is 0 Å². The van der Waals surface area contributed by atoms with E-state index in [0.29, 0.717) is 13.0 Å². The van der Waals surface area contributed by atoms with E-state index in [0.717, 1.165) is 96.3 Å². The maximum absolute atomic E-state index is 13.0. The molecule has 0 spiro atoms. The molecule has 0 saturated carbocycles. The molecule has 71 heavy (non-hydrogen) atoms. The molecule has 0 aliphatic carbocycles. The minimum absolute atomic E-state index is 0.0406. The number of rotatable bonds is 42. The Kier molecular flexibility index (Phi) is 39.4. The first kappa shape index (κ1) is 64.3. The molecule has 2 fully saturated rings. The Bertz CT molecular complexity index is 1490. The summed E-state index contributed by atoms with van der Waals surface area (Å²) in [5, 5.41) is 72.1. The molecular formula is C57H96O14. The zero-order valence-corrected chi connectivity index (χ0v) is 43.4. The SMILES string of the molecule is CC/C=C\C/C=C\C/C=C\C/C=C\C/C=C\C/C=C\C/C=C\CCCCCCOCC(COC1OC(COC2OC(CO)C(O)C(O)C2O)C(O)C(O)C1O)OC(=O)CCCCCCCCCCCCC. The van der Waals surface area contributed by atoms with Crippen LogP contribution in [0.5, 0.6) is 0 Å². The molecule has 2 saturated heterocycles. The van der Waals surface area contributed by atoms with Crippen LogP contribution in [0.2, 0.25) is 0 Å². The lowest BCUT2D eigenvalue weighted by molar-refractivity contribution is -0.332. The van der Waals surface area contributed by atoms with Crippen LogP contribution in [0.1, 0.15) is 168 Å². The van der Waals surface area contributed by atoms with E-state index in [9.17, 15) is 40.5 Å². The highest BCUT2D eigenvalue weighted by molar-refractivity contribution is 5.69. The number of carbonyl (C=O) groups is 1. The van der Waals surface area contributed by atoms with Gasteiger partial charge in [0.1, 0.15) is 54.9 Å². The number of hydrogen-bond acceptors (Lipinski definition) is 14. The molecule has 7 N–H and O–H groups in total. The first-order valence-corrected chi connectivity index (χ1v) is 27.2. The van der Waals surface area contributed by atoms with Gasteiger partial charge in [0.05, 0.1) is 26.4 Å². The number of ether oxygens (including phenoxy) is 6. The van der Waals surface area contributed by atoms with Crippen LogP contribution in [0.3, 0.4) is 0 Å². The molecular weight excluding hydrogens is 909 g/mol. The van der Waals surface area contributed by atoms with Crippen molar-refractivity contribution >= 4 is 5.97 Å². The molecule has 14 nitrogen and oxygen atoms in total. The van der Waals surface area contributed by atoms with E-state index in [-0.39, 0.29) is 19.6 Å². The van der Waals surface area contributed by atoms with Crippen LogP contribution in [-0.2, 0) is 33.2 Å². The third-order valence-electron chi connectivity index (χ3n) is 12.4. The van der Waals surface area contributed by atoms with Gasteiger partial charge in [0.15, 0.2) is 12.6 Å². The van der Waals surface area contributed by atoms with Crippen molar-refractivity contribution < 1.29 is 69.0 Å². The molecule has 0 radical (unpaired) electrons. The highest BCUT2D eigenvalue weighted by atomic mass is 16.7. The van der Waals surface area contributed by atoms with Crippen LogP contribution in [0.25, 0.3) is 0 Å². The molecule has 2 aliphatic rings. The lowest BCUT2D eigenvalue weighted by Crippen LogP contribution is -2.61. The second kappa shape index (κ2) is 43.6. The second-order valence-electron chi connectivity index (χ2n) is 18.7. The molecule has 14 heteroatoms. The zero-order valence-electron chi connectivity index (χ0n) is 43.4. The number of unbranched alkanes of at least 4 members (excludes halogenated alkanes) is 14. The summed E-state index contributed by atoms with van der Waals surface area (Å²) in [5.74, 6) is -0.390. The van der Waals surface area contributed by atoms with Gasteiger partial charge < -0.3 is 64.2 Å². The Balaban J connectivity index is 1.72. The van der Waals surface area contributed by atoms with Gasteiger partial charge >= 0.3 is 5.97 Å². The molecule has 2 aliphatic heterocycles. The molecule has 0 amide bonds. The molecule has 0 aromatic heterocycles. The largest absolute Gasteiger partial charge is 0.457 e. The summed E-state index contributed by atoms with van der Waals surface area (Å²) in [4.78, 5) is 13.0. The molecule has 11 unspecified atom stereocenters. The van der Waals surface area contributed by atoms with Crippen molar-refractivity contribution in [2.75, 3.05) is 33.0 Å². The number of allylic oxidation sites excluding steroid dienone is 14. The van der Waals surface area contributed by atoms with Crippen LogP contribution in [0.4, 0.5) is 0 Å². The van der Waals surface area contributed by atoms with Gasteiger partial charge in [0.25, 0.3) is 0 Å². The third-order valence-corrected chi connectivity index (χ3v) is 12.4. The van der Waals surface area contributed by atoms with Crippen molar-refractivity contribution in [3.8, 4) is 0 Å². The van der Waals surface area contributed by atoms with Gasteiger partial charge in [0, 0.05) is 13.0 Å². The minimum atomic E-state index is -1.71. The topological polar surface area (TPSA) is 214 Å². The molecule has 408 valence electrons. The Morgan fingerprint density at radius 3 is 1.44 bits per heavy atom. The van der Waals surface area contributed by atoms with Gasteiger partial charge in [-0.25, -0.2) is 0 Å². The summed E-state index contributed by atoms with van der Waals surface area (Å²) in [6, 6.07) is 0. The van der Waals surface area contributed by atoms with E-state index in [1.165, 1.54) is 44.9 Å². The second-order valence-corrected chi connectivity index (χ2v) is 18.7. The Morgan fingerprint density at radius 2 is 0.915 bits per heavy atom. The fraction of sp³-hybridized carbons (Fsp3) is 0.737. The van der Waals surface area contributed by atoms with Gasteiger partial charge in [-0.1, -0.05) is 176 Å². The van der Waals surface area contributed by atoms with Gasteiger partial charge in [-0.3, -0.25) is 4.79 Å². The number of hydrogen-bond donors (Lipinski definition) is 7. The highest BCUT2D eigenvalue weighted by Crippen LogP contribution is 2.26. The predicted molar refractivity (Wildman–Crippen MR) is 279 cm³/mol. The van der Waals surface area contributed by atoms with Crippen molar-refractivity contribution in [3.63, 3.8) is 0 Å². The third kappa shape index (κ3) is 30.8. The smallest absolute Gasteiger partial charge is 0.306 e. The monoisotopic (exact) mass is 1000 g/mol. The van der Waals surface area contributed by atoms with E-state index >= 15 is 0 Å². The van der Waals surface area contributed by atoms with Crippen LogP contribution in [-0.4, -0.2) is 142 Å². The minimum Gasteiger partial charge on any atom is -0.457 e. The molecule has 0 bridgehead atoms. The van der Waals surface area contributed by atoms with Crippen molar-refractivity contribution in [3.05, 3.63) is 85.1 Å². The van der Waals surface area contributed by atoms with Crippen molar-refractivity contribution in [2.45, 2.75) is 235 Å². The summed E-state index contributed by atoms with van der Waals surface area (Å²) in [5.41, 5.74) is 0. The number of carbonyl (C=O) groups excluding carboxylic acids is 1. The quantitative estimate of drug-likeness (QED) is 0.0173. The lowest BCUT2D eigenvalue weighted by Gasteiger charge is -2.42. The molecule has 0 aromatic rings. The first-order chi connectivity index (χ1) is 34.6. The van der Waals surface area contributed by atoms with Crippen LogP contribution < -0.4 is 0 Å². The number of aliphatic hydroxyl groups excluding tert-OH is 7. The van der Waals surface area contributed by atoms with Gasteiger partial charge in [-0.2, -0.15) is 0 Å². The van der Waals surface area contributed by atoms with Gasteiger partial charge in [-0.05, 0) is 70.6 Å². The fourth-order valence-electron chi connectivity index (χ4n) is 8.03. The van der Waals surface area contributed by atoms with Gasteiger partial charge in [-0.15, -0.1) is 0 Å². The van der Waals surface area contributed by atoms with E-state index in [1.54, 1.807) is 0 Å². The molecule has 11 atom stereocenters. The van der Waals surface area contributed by atoms with Crippen LogP contribution in [0.15, 0.2) is 85.1 Å². The summed E-state index contributed by atoms with van der Waals surface area (Å²) in [7, 11) is 0. The lowest BCUT2D eigenvalue weighted by atomic mass is 9.98. The summed E-state index contributed by atoms with van der Waals surface area (Å²) in [6.07, 6.45) is 39.4. The average molecular weight is 1010 g/mol. The summed E-state index contributed by atoms with van der Waals surface area (Å²) < 4.78 is 34.2. The standard InChI is InChI=1S/C57H96O14/c1-3-5-7-9-11-13-15-16-17-18-19-20-21-22-23-24-25-26-27-28-29-31-33-35-37-39-41-66-43-46(69-49(59)40-38-36-34-32-30-14-12-10-8-6-4-2)44-67-56-55(65)53(63)51(61)48(71-56)45-68-57-54(64)52(62)50(60)47(42-58)70-57/h5,7,11,13,16-17,19-20,22-23,25-26,28-29,46-48,50-58,60-65H,3-4,6,8-10,12,14-15,18,21,24,27,30-45H2,1-2H3/b7-5-,13-11-,17-16-,20-19-,23-22-,26-25-,29-28-. The number of esters is 1. The van der Waals surface area contributed by atoms with Crippen LogP contribution >= 0.6 is 0 Å². The Labute approximate surface area is 427 Å². The fourth-order valence-corrected chi connectivity index (χ4v) is 8.03. The molecule has 2 heterocycles. The summed E-state index contributed by atoms with van der Waals surface area (Å²) in [6.45, 7) is 3.48. The van der Waals surface area contributed by atoms with E-state index in [2.05, 4.69) is 98.9 Å². The van der Waals surface area contributed by atoms with E-state index in [1.807, 2.05) is 0 Å². The zero-order chi connectivity index (χ0) is 51.6.